The minimum atomic E-state index is 1.14. The Morgan fingerprint density at radius 1 is 0.333 bits per heavy atom. The van der Waals surface area contributed by atoms with Gasteiger partial charge in [0.25, 0.3) is 0 Å². The van der Waals surface area contributed by atoms with E-state index in [1.807, 2.05) is 0 Å². The van der Waals surface area contributed by atoms with E-state index in [0.717, 1.165) is 11.4 Å². The van der Waals surface area contributed by atoms with Crippen LogP contribution in [0.4, 0.5) is 0 Å². The molecule has 2 heteroatoms. The van der Waals surface area contributed by atoms with Gasteiger partial charge in [0.15, 0.2) is 0 Å². The first-order chi connectivity index (χ1) is 23.8. The molecule has 0 saturated carbocycles. The molecular weight excluding hydrogens is 581 g/mol. The summed E-state index contributed by atoms with van der Waals surface area (Å²) in [5, 5.41) is 8.81. The largest absolute Gasteiger partial charge is 0.314 e. The van der Waals surface area contributed by atoms with E-state index in [1.165, 1.54) is 76.5 Å². The lowest BCUT2D eigenvalue weighted by Gasteiger charge is -2.13. The van der Waals surface area contributed by atoms with Gasteiger partial charge in [-0.2, -0.15) is 0 Å². The summed E-state index contributed by atoms with van der Waals surface area (Å²) < 4.78 is 4.83. The van der Waals surface area contributed by atoms with Crippen molar-refractivity contribution in [1.82, 2.24) is 9.13 Å². The summed E-state index contributed by atoms with van der Waals surface area (Å²) in [5.41, 5.74) is 10.8. The molecule has 10 rings (SSSR count). The van der Waals surface area contributed by atoms with E-state index in [2.05, 4.69) is 191 Å². The maximum atomic E-state index is 2.46. The smallest absolute Gasteiger partial charge is 0.0788 e. The Bertz CT molecular complexity index is 2800. The van der Waals surface area contributed by atoms with Gasteiger partial charge in [-0.1, -0.05) is 127 Å². The molecule has 10 aromatic rings. The average molecular weight is 611 g/mol. The van der Waals surface area contributed by atoms with Crippen molar-refractivity contribution in [3.63, 3.8) is 0 Å². The Morgan fingerprint density at radius 3 is 1.75 bits per heavy atom. The summed E-state index contributed by atoms with van der Waals surface area (Å²) in [5.74, 6) is 0. The maximum Gasteiger partial charge on any atom is 0.0788 e. The van der Waals surface area contributed by atoms with E-state index in [4.69, 9.17) is 0 Å². The molecule has 2 heterocycles. The minimum absolute atomic E-state index is 1.14. The lowest BCUT2D eigenvalue weighted by Crippen LogP contribution is -1.98. The van der Waals surface area contributed by atoms with Gasteiger partial charge in [-0.25, -0.2) is 0 Å². The molecule has 2 aromatic heterocycles. The van der Waals surface area contributed by atoms with E-state index >= 15 is 0 Å². The second-order valence-electron chi connectivity index (χ2n) is 12.6. The van der Waals surface area contributed by atoms with Crippen LogP contribution in [-0.4, -0.2) is 9.13 Å². The van der Waals surface area contributed by atoms with Crippen molar-refractivity contribution in [2.75, 3.05) is 0 Å². The van der Waals surface area contributed by atoms with Crippen LogP contribution in [0.3, 0.4) is 0 Å². The first-order valence-corrected chi connectivity index (χ1v) is 16.5. The molecule has 0 saturated heterocycles. The van der Waals surface area contributed by atoms with Crippen LogP contribution in [0.2, 0.25) is 0 Å². The van der Waals surface area contributed by atoms with Crippen LogP contribution >= 0.6 is 0 Å². The SMILES string of the molecule is c1ccc(-c2cn(-c3ccccc3)c3c2ccc2c4ccccc4n(-c4ccc(-c5ccc6cc7ccccc7cc6c5)cc4)c23)cc1. The number of aromatic nitrogens is 2. The number of nitrogens with zero attached hydrogens (tertiary/aromatic N) is 2. The number of rotatable bonds is 4. The summed E-state index contributed by atoms with van der Waals surface area (Å²) in [4.78, 5) is 0. The average Bonchev–Trinajstić information content (AvgIpc) is 3.71. The van der Waals surface area contributed by atoms with Crippen molar-refractivity contribution in [3.8, 4) is 33.6 Å². The molecule has 2 nitrogen and oxygen atoms in total. The van der Waals surface area contributed by atoms with Gasteiger partial charge in [0.05, 0.1) is 16.6 Å². The lowest BCUT2D eigenvalue weighted by molar-refractivity contribution is 1.12. The summed E-state index contributed by atoms with van der Waals surface area (Å²) in [7, 11) is 0. The number of fused-ring (bicyclic) bond motifs is 7. The molecule has 0 fully saturated rings. The van der Waals surface area contributed by atoms with Crippen LogP contribution in [0.25, 0.3) is 87.9 Å². The summed E-state index contributed by atoms with van der Waals surface area (Å²) in [6.45, 7) is 0. The van der Waals surface area contributed by atoms with Crippen molar-refractivity contribution in [1.29, 1.82) is 0 Å². The normalized spacial score (nSPS) is 11.8. The third-order valence-corrected chi connectivity index (χ3v) is 9.88. The Morgan fingerprint density at radius 2 is 0.958 bits per heavy atom. The maximum absolute atomic E-state index is 2.46. The van der Waals surface area contributed by atoms with Gasteiger partial charge in [-0.05, 0) is 86.8 Å². The Labute approximate surface area is 278 Å². The Balaban J connectivity index is 1.20. The van der Waals surface area contributed by atoms with E-state index in [-0.39, 0.29) is 0 Å². The molecule has 0 spiro atoms. The molecule has 0 aliphatic carbocycles. The fourth-order valence-corrected chi connectivity index (χ4v) is 7.60. The molecular formula is C46H30N2. The van der Waals surface area contributed by atoms with E-state index in [9.17, 15) is 0 Å². The molecule has 0 atom stereocenters. The summed E-state index contributed by atoms with van der Waals surface area (Å²) in [6, 6.07) is 63.9. The molecule has 0 unspecified atom stereocenters. The Kier molecular flexibility index (Phi) is 5.91. The monoisotopic (exact) mass is 610 g/mol. The highest BCUT2D eigenvalue weighted by molar-refractivity contribution is 6.20. The standard InChI is InChI=1S/C46H30N2/c1-3-11-32(12-4-1)43-30-47(38-15-5-2-6-16-38)45-42(43)26-25-41-40-17-9-10-18-44(40)48(46(41)45)39-23-21-31(22-24-39)35-19-20-36-27-33-13-7-8-14-34(33)28-37(36)29-35/h1-30H. The zero-order chi connectivity index (χ0) is 31.6. The van der Waals surface area contributed by atoms with Crippen molar-refractivity contribution < 1.29 is 0 Å². The molecule has 224 valence electrons. The summed E-state index contributed by atoms with van der Waals surface area (Å²) >= 11 is 0. The van der Waals surface area contributed by atoms with Gasteiger partial charge < -0.3 is 9.13 Å². The van der Waals surface area contributed by atoms with E-state index in [0.29, 0.717) is 0 Å². The second kappa shape index (κ2) is 10.6. The zero-order valence-electron chi connectivity index (χ0n) is 26.2. The predicted octanol–water partition coefficient (Wildman–Crippen LogP) is 12.4. The molecule has 0 radical (unpaired) electrons. The first-order valence-electron chi connectivity index (χ1n) is 16.5. The molecule has 0 N–H and O–H groups in total. The van der Waals surface area contributed by atoms with E-state index in [1.54, 1.807) is 0 Å². The van der Waals surface area contributed by atoms with Crippen LogP contribution in [-0.2, 0) is 0 Å². The van der Waals surface area contributed by atoms with E-state index < -0.39 is 0 Å². The predicted molar refractivity (Wildman–Crippen MR) is 203 cm³/mol. The first kappa shape index (κ1) is 26.8. The van der Waals surface area contributed by atoms with Gasteiger partial charge in [-0.3, -0.25) is 0 Å². The number of hydrogen-bond donors (Lipinski definition) is 0. The molecule has 0 aliphatic rings. The van der Waals surface area contributed by atoms with Crippen LogP contribution in [0.15, 0.2) is 182 Å². The highest BCUT2D eigenvalue weighted by Gasteiger charge is 2.20. The third kappa shape index (κ3) is 4.13. The Hall–Kier alpha value is -6.38. The van der Waals surface area contributed by atoms with Crippen LogP contribution in [0.5, 0.6) is 0 Å². The zero-order valence-corrected chi connectivity index (χ0v) is 26.2. The highest BCUT2D eigenvalue weighted by Crippen LogP contribution is 2.42. The third-order valence-electron chi connectivity index (χ3n) is 9.88. The van der Waals surface area contributed by atoms with Crippen molar-refractivity contribution in [2.45, 2.75) is 0 Å². The molecule has 0 bridgehead atoms. The van der Waals surface area contributed by atoms with Crippen molar-refractivity contribution in [2.24, 2.45) is 0 Å². The van der Waals surface area contributed by atoms with Gasteiger partial charge in [-0.15, -0.1) is 0 Å². The molecule has 0 amide bonds. The van der Waals surface area contributed by atoms with Gasteiger partial charge in [0.1, 0.15) is 0 Å². The number of para-hydroxylation sites is 2. The molecule has 0 aliphatic heterocycles. The van der Waals surface area contributed by atoms with Gasteiger partial charge >= 0.3 is 0 Å². The number of benzene rings is 8. The fraction of sp³-hybridized carbons (Fsp3) is 0. The van der Waals surface area contributed by atoms with Crippen LogP contribution in [0.1, 0.15) is 0 Å². The number of hydrogen-bond acceptors (Lipinski definition) is 0. The minimum Gasteiger partial charge on any atom is -0.314 e. The highest BCUT2D eigenvalue weighted by atomic mass is 15.0. The van der Waals surface area contributed by atoms with Crippen LogP contribution < -0.4 is 0 Å². The molecule has 8 aromatic carbocycles. The van der Waals surface area contributed by atoms with Crippen LogP contribution in [0, 0.1) is 0 Å². The van der Waals surface area contributed by atoms with Crippen molar-refractivity contribution in [3.05, 3.63) is 182 Å². The molecule has 48 heavy (non-hydrogen) atoms. The quantitative estimate of drug-likeness (QED) is 0.175. The topological polar surface area (TPSA) is 9.86 Å². The van der Waals surface area contributed by atoms with Gasteiger partial charge in [0, 0.05) is 39.3 Å². The van der Waals surface area contributed by atoms with Crippen molar-refractivity contribution >= 4 is 54.3 Å². The fourth-order valence-electron chi connectivity index (χ4n) is 7.60. The lowest BCUT2D eigenvalue weighted by atomic mass is 9.98. The summed E-state index contributed by atoms with van der Waals surface area (Å²) in [6.07, 6.45) is 2.31. The second-order valence-corrected chi connectivity index (χ2v) is 12.6. The van der Waals surface area contributed by atoms with Gasteiger partial charge in [0.2, 0.25) is 0 Å².